The molecule has 0 bridgehead atoms. The zero-order valence-corrected chi connectivity index (χ0v) is 13.1. The number of nitrogens with zero attached hydrogens (tertiary/aromatic N) is 2. The van der Waals surface area contributed by atoms with Crippen molar-refractivity contribution >= 4 is 11.8 Å². The van der Waals surface area contributed by atoms with Gasteiger partial charge in [0.1, 0.15) is 5.92 Å². The van der Waals surface area contributed by atoms with Gasteiger partial charge in [0.25, 0.3) is 0 Å². The van der Waals surface area contributed by atoms with E-state index in [1.165, 1.54) is 7.11 Å². The van der Waals surface area contributed by atoms with E-state index in [9.17, 15) is 4.79 Å². The second-order valence-corrected chi connectivity index (χ2v) is 6.70. The van der Waals surface area contributed by atoms with E-state index in [1.54, 1.807) is 0 Å². The van der Waals surface area contributed by atoms with Crippen LogP contribution in [0.15, 0.2) is 4.52 Å². The van der Waals surface area contributed by atoms with Gasteiger partial charge < -0.3 is 19.5 Å². The average molecular weight is 293 g/mol. The first-order valence-corrected chi connectivity index (χ1v) is 7.47. The molecular formula is C15H23N3O3. The van der Waals surface area contributed by atoms with Crippen LogP contribution >= 0.6 is 0 Å². The van der Waals surface area contributed by atoms with Crippen LogP contribution in [0.1, 0.15) is 31.1 Å². The van der Waals surface area contributed by atoms with Gasteiger partial charge in [-0.15, -0.1) is 0 Å². The summed E-state index contributed by atoms with van der Waals surface area (Å²) in [7, 11) is 1.41. The molecule has 1 N–H and O–H groups in total. The van der Waals surface area contributed by atoms with Crippen LogP contribution in [-0.2, 0) is 9.53 Å². The van der Waals surface area contributed by atoms with Crippen LogP contribution in [0.4, 0.5) is 5.82 Å². The van der Waals surface area contributed by atoms with E-state index in [0.29, 0.717) is 11.2 Å². The molecule has 6 heteroatoms. The Hall–Kier alpha value is -1.56. The average Bonchev–Trinajstić information content (AvgIpc) is 2.68. The first kappa shape index (κ1) is 14.4. The lowest BCUT2D eigenvalue weighted by Gasteiger charge is -2.56. The summed E-state index contributed by atoms with van der Waals surface area (Å²) >= 11 is 0. The summed E-state index contributed by atoms with van der Waals surface area (Å²) in [6, 6.07) is 0. The number of hydrogen-bond acceptors (Lipinski definition) is 6. The molecule has 0 amide bonds. The number of esters is 1. The summed E-state index contributed by atoms with van der Waals surface area (Å²) in [5, 5.41) is 7.52. The largest absolute Gasteiger partial charge is 0.468 e. The molecule has 3 rings (SSSR count). The van der Waals surface area contributed by atoms with E-state index in [4.69, 9.17) is 9.26 Å². The fourth-order valence-electron chi connectivity index (χ4n) is 3.35. The van der Waals surface area contributed by atoms with Gasteiger partial charge in [0.15, 0.2) is 11.6 Å². The zero-order chi connectivity index (χ0) is 15.2. The van der Waals surface area contributed by atoms with Gasteiger partial charge in [0.05, 0.1) is 7.11 Å². The molecule has 1 aromatic heterocycles. The zero-order valence-electron chi connectivity index (χ0n) is 13.1. The normalized spacial score (nSPS) is 21.1. The van der Waals surface area contributed by atoms with Gasteiger partial charge in [-0.05, 0) is 12.8 Å². The van der Waals surface area contributed by atoms with Crippen molar-refractivity contribution in [2.45, 2.75) is 26.7 Å². The maximum atomic E-state index is 12.0. The molecule has 1 aromatic rings. The van der Waals surface area contributed by atoms with E-state index in [0.717, 1.165) is 37.6 Å². The summed E-state index contributed by atoms with van der Waals surface area (Å²) in [5.74, 6) is 0.961. The van der Waals surface area contributed by atoms with Crippen LogP contribution in [0.2, 0.25) is 0 Å². The Balaban J connectivity index is 1.80. The van der Waals surface area contributed by atoms with Crippen molar-refractivity contribution in [1.29, 1.82) is 0 Å². The van der Waals surface area contributed by atoms with E-state index in [1.807, 2.05) is 20.8 Å². The smallest absolute Gasteiger partial charge is 0.316 e. The summed E-state index contributed by atoms with van der Waals surface area (Å²) < 4.78 is 10.4. The molecule has 0 aromatic carbocycles. The summed E-state index contributed by atoms with van der Waals surface area (Å²) in [6.07, 6.45) is 0. The van der Waals surface area contributed by atoms with E-state index >= 15 is 0 Å². The van der Waals surface area contributed by atoms with Crippen molar-refractivity contribution < 1.29 is 14.1 Å². The Kier molecular flexibility index (Phi) is 3.43. The number of methoxy groups -OCH3 is 1. The Bertz CT molecular complexity index is 540. The van der Waals surface area contributed by atoms with Crippen molar-refractivity contribution in [1.82, 2.24) is 10.5 Å². The fourth-order valence-corrected chi connectivity index (χ4v) is 3.35. The Morgan fingerprint density at radius 2 is 2.10 bits per heavy atom. The van der Waals surface area contributed by atoms with E-state index in [2.05, 4.69) is 15.4 Å². The topological polar surface area (TPSA) is 67.6 Å². The number of rotatable bonds is 4. The molecule has 116 valence electrons. The Morgan fingerprint density at radius 1 is 1.43 bits per heavy atom. The molecule has 2 aliphatic rings. The summed E-state index contributed by atoms with van der Waals surface area (Å²) in [6.45, 7) is 10.1. The van der Waals surface area contributed by atoms with Crippen LogP contribution < -0.4 is 10.2 Å². The number of nitrogens with one attached hydrogen (secondary N) is 1. The molecule has 6 nitrogen and oxygen atoms in total. The van der Waals surface area contributed by atoms with Crippen LogP contribution in [0.25, 0.3) is 0 Å². The second-order valence-electron chi connectivity index (χ2n) is 6.70. The van der Waals surface area contributed by atoms with Crippen LogP contribution in [-0.4, -0.2) is 44.4 Å². The van der Waals surface area contributed by atoms with Gasteiger partial charge in [-0.1, -0.05) is 19.0 Å². The molecule has 2 aliphatic heterocycles. The molecule has 3 heterocycles. The van der Waals surface area contributed by atoms with Gasteiger partial charge in [-0.25, -0.2) is 0 Å². The third-order valence-electron chi connectivity index (χ3n) is 4.69. The molecule has 0 aliphatic carbocycles. The van der Waals surface area contributed by atoms with Gasteiger partial charge >= 0.3 is 5.97 Å². The third-order valence-corrected chi connectivity index (χ3v) is 4.69. The van der Waals surface area contributed by atoms with Gasteiger partial charge in [0.2, 0.25) is 0 Å². The van der Waals surface area contributed by atoms with Crippen LogP contribution in [0.3, 0.4) is 0 Å². The van der Waals surface area contributed by atoms with Crippen molar-refractivity contribution in [3.63, 3.8) is 0 Å². The highest BCUT2D eigenvalue weighted by Crippen LogP contribution is 2.40. The van der Waals surface area contributed by atoms with Gasteiger partial charge in [-0.2, -0.15) is 0 Å². The second kappa shape index (κ2) is 5.02. The standard InChI is InChI=1S/C15H23N3O3/c1-9(2)11(14(19)20-4)12-10(3)13(17-21-12)18-7-15(8-18)5-16-6-15/h9,11,16H,5-8H2,1-4H3. The maximum Gasteiger partial charge on any atom is 0.316 e. The lowest BCUT2D eigenvalue weighted by atomic mass is 9.74. The van der Waals surface area contributed by atoms with E-state index < -0.39 is 5.92 Å². The molecule has 1 spiro atoms. The molecule has 2 fully saturated rings. The summed E-state index contributed by atoms with van der Waals surface area (Å²) in [4.78, 5) is 14.2. The minimum Gasteiger partial charge on any atom is -0.468 e. The van der Waals surface area contributed by atoms with E-state index in [-0.39, 0.29) is 11.9 Å². The SMILES string of the molecule is COC(=O)C(c1onc(N2CC3(CNC3)C2)c1C)C(C)C. The minimum absolute atomic E-state index is 0.107. The van der Waals surface area contributed by atoms with Crippen molar-refractivity contribution in [2.75, 3.05) is 38.2 Å². The molecular weight excluding hydrogens is 270 g/mol. The number of anilines is 1. The monoisotopic (exact) mass is 293 g/mol. The van der Waals surface area contributed by atoms with Crippen molar-refractivity contribution in [2.24, 2.45) is 11.3 Å². The highest BCUT2D eigenvalue weighted by atomic mass is 16.5. The number of ether oxygens (including phenoxy) is 1. The Labute approximate surface area is 124 Å². The molecule has 2 saturated heterocycles. The van der Waals surface area contributed by atoms with Crippen LogP contribution in [0, 0.1) is 18.3 Å². The molecule has 0 saturated carbocycles. The molecule has 1 atom stereocenters. The number of carbonyl (C=O) groups is 1. The quantitative estimate of drug-likeness (QED) is 0.844. The predicted octanol–water partition coefficient (Wildman–Crippen LogP) is 1.31. The first-order chi connectivity index (χ1) is 9.97. The molecule has 0 radical (unpaired) electrons. The third kappa shape index (κ3) is 2.21. The molecule has 21 heavy (non-hydrogen) atoms. The predicted molar refractivity (Wildman–Crippen MR) is 78.4 cm³/mol. The number of carbonyl (C=O) groups excluding carboxylic acids is 1. The highest BCUT2D eigenvalue weighted by Gasteiger charge is 2.49. The lowest BCUT2D eigenvalue weighted by Crippen LogP contribution is -2.71. The number of hydrogen-bond donors (Lipinski definition) is 1. The highest BCUT2D eigenvalue weighted by molar-refractivity contribution is 5.78. The van der Waals surface area contributed by atoms with Gasteiger partial charge in [0, 0.05) is 37.2 Å². The fraction of sp³-hybridized carbons (Fsp3) is 0.733. The minimum atomic E-state index is -0.392. The summed E-state index contributed by atoms with van der Waals surface area (Å²) in [5.41, 5.74) is 1.40. The lowest BCUT2D eigenvalue weighted by molar-refractivity contribution is -0.144. The molecule has 1 unspecified atom stereocenters. The first-order valence-electron chi connectivity index (χ1n) is 7.47. The Morgan fingerprint density at radius 3 is 2.57 bits per heavy atom. The van der Waals surface area contributed by atoms with Crippen molar-refractivity contribution in [3.8, 4) is 0 Å². The van der Waals surface area contributed by atoms with Gasteiger partial charge in [-0.3, -0.25) is 4.79 Å². The van der Waals surface area contributed by atoms with Crippen LogP contribution in [0.5, 0.6) is 0 Å². The maximum absolute atomic E-state index is 12.0. The van der Waals surface area contributed by atoms with Crippen molar-refractivity contribution in [3.05, 3.63) is 11.3 Å². The number of aromatic nitrogens is 1.